The normalized spacial score (nSPS) is 15.6. The van der Waals surface area contributed by atoms with Gasteiger partial charge in [-0.2, -0.15) is 9.29 Å². The molecule has 2 aromatic carbocycles. The molecule has 3 aromatic rings. The second-order valence-electron chi connectivity index (χ2n) is 11.0. The molecule has 1 aromatic heterocycles. The zero-order valence-electron chi connectivity index (χ0n) is 24.5. The van der Waals surface area contributed by atoms with Crippen molar-refractivity contribution in [3.05, 3.63) is 54.4 Å². The highest BCUT2D eigenvalue weighted by Crippen LogP contribution is 2.26. The third kappa shape index (κ3) is 9.52. The molecule has 42 heavy (non-hydrogen) atoms. The molecule has 0 radical (unpaired) electrons. The second-order valence-corrected chi connectivity index (χ2v) is 13.0. The zero-order valence-corrected chi connectivity index (χ0v) is 25.3. The summed E-state index contributed by atoms with van der Waals surface area (Å²) in [5.41, 5.74) is 0.729. The first-order valence-corrected chi connectivity index (χ1v) is 16.5. The lowest BCUT2D eigenvalue weighted by Crippen LogP contribution is -2.42. The van der Waals surface area contributed by atoms with Crippen molar-refractivity contribution in [2.45, 2.75) is 75.7 Å². The largest absolute Gasteiger partial charge is 0.508 e. The molecular formula is C31H44N4O6S. The highest BCUT2D eigenvalue weighted by atomic mass is 32.2. The zero-order chi connectivity index (χ0) is 29.8. The topological polar surface area (TPSA) is 138 Å². The van der Waals surface area contributed by atoms with Crippen molar-refractivity contribution in [1.82, 2.24) is 19.8 Å². The van der Waals surface area contributed by atoms with E-state index in [0.717, 1.165) is 37.7 Å². The Morgan fingerprint density at radius 1 is 1.02 bits per heavy atom. The van der Waals surface area contributed by atoms with Crippen molar-refractivity contribution >= 4 is 10.0 Å². The Morgan fingerprint density at radius 2 is 1.71 bits per heavy atom. The standard InChI is InChI=1S/C31H44N4O6S/c1-2-3-4-5-6-7-8-30-33-31(34-41-30)25-9-15-29(16-10-25)42(38,39)35-19-17-24(18-20-35)21-32-22-27(37)23-40-28-13-11-26(36)12-14-28/h9-16,24,27,32,36-37H,2-8,17-23H2,1H3/t27-/m1/s1. The van der Waals surface area contributed by atoms with E-state index in [1.54, 1.807) is 40.7 Å². The number of phenolic OH excluding ortho intramolecular Hbond substituents is 1. The Labute approximate surface area is 249 Å². The lowest BCUT2D eigenvalue weighted by atomic mass is 9.98. The molecule has 0 unspecified atom stereocenters. The molecule has 0 aliphatic carbocycles. The highest BCUT2D eigenvalue weighted by Gasteiger charge is 2.29. The minimum absolute atomic E-state index is 0.139. The SMILES string of the molecule is CCCCCCCCc1nc(-c2ccc(S(=O)(=O)N3CCC(CNC[C@@H](O)COc4ccc(O)cc4)CC3)cc2)no1. The Bertz CT molecular complexity index is 1310. The molecule has 230 valence electrons. The van der Waals surface area contributed by atoms with E-state index in [1.165, 1.54) is 37.8 Å². The first kappa shape index (κ1) is 31.9. The van der Waals surface area contributed by atoms with Gasteiger partial charge < -0.3 is 24.8 Å². The molecule has 4 rings (SSSR count). The molecule has 0 spiro atoms. The maximum Gasteiger partial charge on any atom is 0.243 e. The van der Waals surface area contributed by atoms with Crippen molar-refractivity contribution in [2.75, 3.05) is 32.8 Å². The first-order chi connectivity index (χ1) is 20.3. The predicted octanol–water partition coefficient (Wildman–Crippen LogP) is 4.78. The molecule has 1 saturated heterocycles. The fraction of sp³-hybridized carbons (Fsp3) is 0.548. The van der Waals surface area contributed by atoms with Crippen LogP contribution >= 0.6 is 0 Å². The van der Waals surface area contributed by atoms with Crippen molar-refractivity contribution in [2.24, 2.45) is 5.92 Å². The number of aliphatic hydroxyl groups excluding tert-OH is 1. The summed E-state index contributed by atoms with van der Waals surface area (Å²) in [6.45, 7) is 4.33. The smallest absolute Gasteiger partial charge is 0.243 e. The first-order valence-electron chi connectivity index (χ1n) is 15.1. The molecule has 0 bridgehead atoms. The van der Waals surface area contributed by atoms with E-state index in [4.69, 9.17) is 9.26 Å². The molecule has 10 nitrogen and oxygen atoms in total. The minimum Gasteiger partial charge on any atom is -0.508 e. The summed E-state index contributed by atoms with van der Waals surface area (Å²) >= 11 is 0. The Kier molecular flexibility index (Phi) is 12.2. The average Bonchev–Trinajstić information content (AvgIpc) is 3.48. The fourth-order valence-electron chi connectivity index (χ4n) is 5.06. The molecule has 0 amide bonds. The van der Waals surface area contributed by atoms with Gasteiger partial charge in [0.15, 0.2) is 0 Å². The van der Waals surface area contributed by atoms with Gasteiger partial charge in [-0.3, -0.25) is 0 Å². The number of benzene rings is 2. The van der Waals surface area contributed by atoms with Crippen molar-refractivity contribution in [3.8, 4) is 22.9 Å². The highest BCUT2D eigenvalue weighted by molar-refractivity contribution is 7.89. The van der Waals surface area contributed by atoms with Gasteiger partial charge in [0, 0.05) is 31.6 Å². The van der Waals surface area contributed by atoms with E-state index in [1.807, 2.05) is 0 Å². The molecule has 1 aliphatic rings. The van der Waals surface area contributed by atoms with Gasteiger partial charge in [0.2, 0.25) is 21.7 Å². The molecule has 3 N–H and O–H groups in total. The van der Waals surface area contributed by atoms with Crippen LogP contribution in [-0.4, -0.2) is 72.0 Å². The molecule has 1 atom stereocenters. The number of rotatable bonds is 17. The molecular weight excluding hydrogens is 556 g/mol. The van der Waals surface area contributed by atoms with E-state index in [2.05, 4.69) is 22.4 Å². The number of aromatic hydroxyl groups is 1. The van der Waals surface area contributed by atoms with Gasteiger partial charge in [0.1, 0.15) is 24.2 Å². The van der Waals surface area contributed by atoms with Crippen LogP contribution in [0.1, 0.15) is 64.2 Å². The number of phenols is 1. The van der Waals surface area contributed by atoms with E-state index in [0.29, 0.717) is 49.6 Å². The van der Waals surface area contributed by atoms with Crippen LogP contribution in [0.15, 0.2) is 57.9 Å². The maximum absolute atomic E-state index is 13.3. The van der Waals surface area contributed by atoms with Gasteiger partial charge in [0.25, 0.3) is 0 Å². The lowest BCUT2D eigenvalue weighted by Gasteiger charge is -2.31. The Hall–Kier alpha value is -2.99. The molecule has 11 heteroatoms. The van der Waals surface area contributed by atoms with Gasteiger partial charge >= 0.3 is 0 Å². The van der Waals surface area contributed by atoms with Crippen molar-refractivity contribution < 1.29 is 27.9 Å². The van der Waals surface area contributed by atoms with Crippen LogP contribution in [0, 0.1) is 5.92 Å². The van der Waals surface area contributed by atoms with E-state index < -0.39 is 16.1 Å². The van der Waals surface area contributed by atoms with Crippen LogP contribution in [0.4, 0.5) is 0 Å². The summed E-state index contributed by atoms with van der Waals surface area (Å²) in [7, 11) is -3.59. The summed E-state index contributed by atoms with van der Waals surface area (Å²) in [4.78, 5) is 4.75. The number of unbranched alkanes of at least 4 members (excludes halogenated alkanes) is 5. The van der Waals surface area contributed by atoms with Crippen LogP contribution in [-0.2, 0) is 16.4 Å². The van der Waals surface area contributed by atoms with E-state index in [-0.39, 0.29) is 17.3 Å². The lowest BCUT2D eigenvalue weighted by molar-refractivity contribution is 0.104. The van der Waals surface area contributed by atoms with E-state index >= 15 is 0 Å². The van der Waals surface area contributed by atoms with Crippen LogP contribution in [0.3, 0.4) is 0 Å². The molecule has 1 fully saturated rings. The summed E-state index contributed by atoms with van der Waals surface area (Å²) in [5, 5.41) is 26.9. The number of piperidine rings is 1. The monoisotopic (exact) mass is 600 g/mol. The number of hydrogen-bond acceptors (Lipinski definition) is 9. The third-order valence-electron chi connectivity index (χ3n) is 7.63. The van der Waals surface area contributed by atoms with Gasteiger partial charge in [-0.15, -0.1) is 0 Å². The van der Waals surface area contributed by atoms with Gasteiger partial charge in [-0.25, -0.2) is 8.42 Å². The van der Waals surface area contributed by atoms with Gasteiger partial charge in [-0.05, 0) is 80.3 Å². The molecule has 1 aliphatic heterocycles. The third-order valence-corrected chi connectivity index (χ3v) is 9.54. The molecule has 0 saturated carbocycles. The molecule has 2 heterocycles. The van der Waals surface area contributed by atoms with Crippen molar-refractivity contribution in [1.29, 1.82) is 0 Å². The summed E-state index contributed by atoms with van der Waals surface area (Å²) < 4.78 is 39.0. The predicted molar refractivity (Wildman–Crippen MR) is 161 cm³/mol. The number of aliphatic hydroxyl groups is 1. The van der Waals surface area contributed by atoms with Crippen LogP contribution in [0.25, 0.3) is 11.4 Å². The number of hydrogen-bond donors (Lipinski definition) is 3. The Balaban J connectivity index is 1.17. The number of nitrogens with zero attached hydrogens (tertiary/aromatic N) is 3. The minimum atomic E-state index is -3.59. The van der Waals surface area contributed by atoms with Gasteiger partial charge in [-0.1, -0.05) is 44.2 Å². The quantitative estimate of drug-likeness (QED) is 0.187. The number of aryl methyl sites for hydroxylation is 1. The van der Waals surface area contributed by atoms with Crippen LogP contribution in [0.2, 0.25) is 0 Å². The number of sulfonamides is 1. The number of nitrogens with one attached hydrogen (secondary N) is 1. The number of ether oxygens (including phenoxy) is 1. The van der Waals surface area contributed by atoms with E-state index in [9.17, 15) is 18.6 Å². The van der Waals surface area contributed by atoms with Gasteiger partial charge in [0.05, 0.1) is 4.90 Å². The Morgan fingerprint density at radius 3 is 2.43 bits per heavy atom. The van der Waals surface area contributed by atoms with Crippen molar-refractivity contribution in [3.63, 3.8) is 0 Å². The summed E-state index contributed by atoms with van der Waals surface area (Å²) in [5.74, 6) is 2.16. The fourth-order valence-corrected chi connectivity index (χ4v) is 6.53. The number of aromatic nitrogens is 2. The second kappa shape index (κ2) is 16.0. The van der Waals surface area contributed by atoms with Crippen LogP contribution < -0.4 is 10.1 Å². The summed E-state index contributed by atoms with van der Waals surface area (Å²) in [6, 6.07) is 13.1. The van der Waals surface area contributed by atoms with Crippen LogP contribution in [0.5, 0.6) is 11.5 Å². The average molecular weight is 601 g/mol. The summed E-state index contributed by atoms with van der Waals surface area (Å²) in [6.07, 6.45) is 8.74. The maximum atomic E-state index is 13.3.